The van der Waals surface area contributed by atoms with Crippen molar-refractivity contribution in [2.45, 2.75) is 146 Å². The van der Waals surface area contributed by atoms with Crippen LogP contribution in [0.3, 0.4) is 0 Å². The number of rotatable bonds is 11. The molecule has 38 heavy (non-hydrogen) atoms. The van der Waals surface area contributed by atoms with Gasteiger partial charge in [-0.3, -0.25) is 4.84 Å². The first kappa shape index (κ1) is 28.4. The van der Waals surface area contributed by atoms with Gasteiger partial charge in [-0.25, -0.2) is 0 Å². The van der Waals surface area contributed by atoms with E-state index in [4.69, 9.17) is 23.8 Å². The van der Waals surface area contributed by atoms with Gasteiger partial charge in [0.2, 0.25) is 0 Å². The standard InChI is InChI=1S/C32H51NO5/c1-30(2)23-32(37-27-11-7-5-8-12-27,38-28-13-9-6-10-14-28)24-31(3,4)33(30)36-20-19-25-15-17-26(18-16-25)34-21-29-22-35-29/h15-18,27-29H,5-14,19-24H2,1-4H3. The summed E-state index contributed by atoms with van der Waals surface area (Å²) in [6.45, 7) is 11.3. The molecular weight excluding hydrogens is 478 g/mol. The van der Waals surface area contributed by atoms with Crippen LogP contribution in [0.5, 0.6) is 5.75 Å². The number of hydrogen-bond donors (Lipinski definition) is 0. The Morgan fingerprint density at radius 1 is 0.789 bits per heavy atom. The number of hydrogen-bond acceptors (Lipinski definition) is 6. The molecule has 2 aliphatic carbocycles. The molecule has 2 saturated heterocycles. The fraction of sp³-hybridized carbons (Fsp3) is 0.812. The van der Waals surface area contributed by atoms with E-state index >= 15 is 0 Å². The van der Waals surface area contributed by atoms with Gasteiger partial charge in [-0.05, 0) is 77.5 Å². The van der Waals surface area contributed by atoms with Crippen LogP contribution in [-0.2, 0) is 25.5 Å². The molecule has 0 aromatic heterocycles. The Hall–Kier alpha value is -1.18. The van der Waals surface area contributed by atoms with Crippen molar-refractivity contribution in [3.8, 4) is 5.75 Å². The Balaban J connectivity index is 1.22. The van der Waals surface area contributed by atoms with E-state index in [1.807, 2.05) is 12.1 Å². The summed E-state index contributed by atoms with van der Waals surface area (Å²) in [4.78, 5) is 6.58. The highest BCUT2D eigenvalue weighted by Gasteiger charge is 2.56. The zero-order valence-corrected chi connectivity index (χ0v) is 24.3. The number of ether oxygens (including phenoxy) is 4. The molecule has 2 aliphatic heterocycles. The second-order valence-electron chi connectivity index (χ2n) is 13.4. The van der Waals surface area contributed by atoms with Gasteiger partial charge in [0.05, 0.1) is 25.4 Å². The van der Waals surface area contributed by atoms with Crippen LogP contribution in [-0.4, -0.2) is 60.1 Å². The van der Waals surface area contributed by atoms with Gasteiger partial charge in [0.25, 0.3) is 0 Å². The summed E-state index contributed by atoms with van der Waals surface area (Å²) in [5, 5.41) is 2.25. The Morgan fingerprint density at radius 3 is 1.82 bits per heavy atom. The fourth-order valence-electron chi connectivity index (χ4n) is 7.22. The van der Waals surface area contributed by atoms with Gasteiger partial charge in [-0.2, -0.15) is 5.06 Å². The lowest BCUT2D eigenvalue weighted by Gasteiger charge is -2.58. The maximum atomic E-state index is 7.04. The third kappa shape index (κ3) is 7.51. The van der Waals surface area contributed by atoms with Crippen LogP contribution in [0.2, 0.25) is 0 Å². The molecule has 1 unspecified atom stereocenters. The zero-order valence-electron chi connectivity index (χ0n) is 24.3. The van der Waals surface area contributed by atoms with Crippen LogP contribution in [0.1, 0.15) is 110 Å². The zero-order chi connectivity index (χ0) is 26.6. The Morgan fingerprint density at radius 2 is 1.32 bits per heavy atom. The van der Waals surface area contributed by atoms with Crippen LogP contribution < -0.4 is 4.74 Å². The van der Waals surface area contributed by atoms with E-state index in [0.717, 1.165) is 57.3 Å². The molecule has 0 bridgehead atoms. The number of piperidine rings is 1. The topological polar surface area (TPSA) is 52.7 Å². The van der Waals surface area contributed by atoms with Crippen molar-refractivity contribution in [2.24, 2.45) is 0 Å². The Kier molecular flexibility index (Phi) is 9.06. The second kappa shape index (κ2) is 12.1. The van der Waals surface area contributed by atoms with Gasteiger partial charge < -0.3 is 18.9 Å². The minimum absolute atomic E-state index is 0.215. The maximum absolute atomic E-state index is 7.04. The van der Waals surface area contributed by atoms with Crippen LogP contribution in [0, 0.1) is 0 Å². The van der Waals surface area contributed by atoms with E-state index in [2.05, 4.69) is 44.9 Å². The van der Waals surface area contributed by atoms with Gasteiger partial charge in [-0.15, -0.1) is 0 Å². The molecule has 1 aromatic rings. The van der Waals surface area contributed by atoms with E-state index in [0.29, 0.717) is 25.4 Å². The Bertz CT molecular complexity index is 828. The van der Waals surface area contributed by atoms with E-state index in [-0.39, 0.29) is 17.2 Å². The van der Waals surface area contributed by atoms with Crippen LogP contribution in [0.4, 0.5) is 0 Å². The van der Waals surface area contributed by atoms with Crippen molar-refractivity contribution in [3.05, 3.63) is 29.8 Å². The van der Waals surface area contributed by atoms with Crippen LogP contribution in [0.25, 0.3) is 0 Å². The van der Waals surface area contributed by atoms with E-state index in [9.17, 15) is 0 Å². The summed E-state index contributed by atoms with van der Waals surface area (Å²) in [6.07, 6.45) is 15.8. The first-order valence-corrected chi connectivity index (χ1v) is 15.4. The van der Waals surface area contributed by atoms with Gasteiger partial charge in [0.15, 0.2) is 5.79 Å². The van der Waals surface area contributed by atoms with Crippen LogP contribution >= 0.6 is 0 Å². The number of nitrogens with zero attached hydrogens (tertiary/aromatic N) is 1. The smallest absolute Gasteiger partial charge is 0.172 e. The average Bonchev–Trinajstić information content (AvgIpc) is 3.70. The predicted molar refractivity (Wildman–Crippen MR) is 149 cm³/mol. The fourth-order valence-corrected chi connectivity index (χ4v) is 7.22. The summed E-state index contributed by atoms with van der Waals surface area (Å²) in [5.74, 6) is 0.355. The molecule has 2 heterocycles. The molecule has 4 aliphatic rings. The van der Waals surface area contributed by atoms with E-state index in [1.54, 1.807) is 0 Å². The molecular formula is C32H51NO5. The molecule has 1 atom stereocenters. The van der Waals surface area contributed by atoms with Crippen molar-refractivity contribution in [2.75, 3.05) is 19.8 Å². The summed E-state index contributed by atoms with van der Waals surface area (Å²) >= 11 is 0. The molecule has 0 spiro atoms. The lowest BCUT2D eigenvalue weighted by molar-refractivity contribution is -0.374. The highest BCUT2D eigenvalue weighted by molar-refractivity contribution is 5.27. The minimum atomic E-state index is -0.543. The number of epoxide rings is 1. The summed E-state index contributed by atoms with van der Waals surface area (Å²) in [6, 6.07) is 8.37. The first-order chi connectivity index (χ1) is 18.2. The van der Waals surface area contributed by atoms with Crippen molar-refractivity contribution < 1.29 is 23.8 Å². The second-order valence-corrected chi connectivity index (χ2v) is 13.4. The summed E-state index contributed by atoms with van der Waals surface area (Å²) < 4.78 is 25.1. The molecule has 1 aromatic carbocycles. The largest absolute Gasteiger partial charge is 0.491 e. The third-order valence-corrected chi connectivity index (χ3v) is 8.74. The third-order valence-electron chi connectivity index (χ3n) is 8.74. The molecule has 0 N–H and O–H groups in total. The van der Waals surface area contributed by atoms with E-state index < -0.39 is 5.79 Å². The van der Waals surface area contributed by atoms with Gasteiger partial charge >= 0.3 is 0 Å². The lowest BCUT2D eigenvalue weighted by Crippen LogP contribution is -2.67. The molecule has 2 saturated carbocycles. The maximum Gasteiger partial charge on any atom is 0.172 e. The van der Waals surface area contributed by atoms with Crippen LogP contribution in [0.15, 0.2) is 24.3 Å². The lowest BCUT2D eigenvalue weighted by atomic mass is 9.77. The van der Waals surface area contributed by atoms with Crippen molar-refractivity contribution in [1.82, 2.24) is 5.06 Å². The van der Waals surface area contributed by atoms with Gasteiger partial charge in [-0.1, -0.05) is 50.7 Å². The number of benzene rings is 1. The van der Waals surface area contributed by atoms with E-state index in [1.165, 1.54) is 44.1 Å². The normalized spacial score (nSPS) is 27.7. The summed E-state index contributed by atoms with van der Waals surface area (Å²) in [5.41, 5.74) is 0.824. The molecule has 6 heteroatoms. The molecule has 4 fully saturated rings. The monoisotopic (exact) mass is 529 g/mol. The highest BCUT2D eigenvalue weighted by Crippen LogP contribution is 2.48. The first-order valence-electron chi connectivity index (χ1n) is 15.4. The predicted octanol–water partition coefficient (Wildman–Crippen LogP) is 6.99. The average molecular weight is 530 g/mol. The molecule has 5 rings (SSSR count). The van der Waals surface area contributed by atoms with Gasteiger partial charge in [0.1, 0.15) is 18.5 Å². The van der Waals surface area contributed by atoms with Crippen molar-refractivity contribution in [3.63, 3.8) is 0 Å². The van der Waals surface area contributed by atoms with Crippen molar-refractivity contribution >= 4 is 0 Å². The molecule has 0 radical (unpaired) electrons. The highest BCUT2D eigenvalue weighted by atomic mass is 16.7. The molecule has 6 nitrogen and oxygen atoms in total. The number of hydroxylamine groups is 2. The SMILES string of the molecule is CC1(C)CC(OC2CCCCC2)(OC2CCCCC2)CC(C)(C)N1OCCc1ccc(OCC2CO2)cc1. The molecule has 0 amide bonds. The quantitative estimate of drug-likeness (QED) is 0.228. The molecule has 214 valence electrons. The minimum Gasteiger partial charge on any atom is -0.491 e. The summed E-state index contributed by atoms with van der Waals surface area (Å²) in [7, 11) is 0. The van der Waals surface area contributed by atoms with Gasteiger partial charge in [0, 0.05) is 23.9 Å². The van der Waals surface area contributed by atoms with Crippen molar-refractivity contribution in [1.29, 1.82) is 0 Å². The Labute approximate surface area is 230 Å².